The quantitative estimate of drug-likeness (QED) is 0.823. The van der Waals surface area contributed by atoms with E-state index in [2.05, 4.69) is 5.32 Å². The molecule has 0 heterocycles. The number of rotatable bonds is 5. The molecule has 2 unspecified atom stereocenters. The molecule has 1 aromatic rings. The molecule has 5 heteroatoms. The summed E-state index contributed by atoms with van der Waals surface area (Å²) < 4.78 is 45.2. The molecular formula is C13H18F3NO. The minimum Gasteiger partial charge on any atom is -0.379 e. The number of halogens is 3. The molecule has 0 amide bonds. The normalized spacial score (nSPS) is 14.9. The summed E-state index contributed by atoms with van der Waals surface area (Å²) in [5.74, 6) is -3.71. The first-order chi connectivity index (χ1) is 8.43. The Balaban J connectivity index is 3.20. The first-order valence-electron chi connectivity index (χ1n) is 5.77. The van der Waals surface area contributed by atoms with Gasteiger partial charge in [0.2, 0.25) is 0 Å². The Morgan fingerprint density at radius 3 is 2.17 bits per heavy atom. The van der Waals surface area contributed by atoms with Crippen LogP contribution in [0, 0.1) is 23.4 Å². The van der Waals surface area contributed by atoms with Crippen LogP contribution in [0.1, 0.15) is 25.5 Å². The van der Waals surface area contributed by atoms with Crippen molar-refractivity contribution in [3.63, 3.8) is 0 Å². The fraction of sp³-hybridized carbons (Fsp3) is 0.538. The molecule has 0 aromatic heterocycles. The van der Waals surface area contributed by atoms with Gasteiger partial charge in [-0.15, -0.1) is 0 Å². The Morgan fingerprint density at radius 1 is 1.11 bits per heavy atom. The van der Waals surface area contributed by atoms with Gasteiger partial charge in [0.15, 0.2) is 17.5 Å². The van der Waals surface area contributed by atoms with Crippen molar-refractivity contribution in [2.75, 3.05) is 14.2 Å². The average molecular weight is 261 g/mol. The van der Waals surface area contributed by atoms with E-state index in [4.69, 9.17) is 4.74 Å². The smallest absolute Gasteiger partial charge is 0.194 e. The summed E-state index contributed by atoms with van der Waals surface area (Å²) >= 11 is 0. The molecule has 0 aliphatic rings. The van der Waals surface area contributed by atoms with Crippen LogP contribution in [0.25, 0.3) is 0 Å². The third-order valence-electron chi connectivity index (χ3n) is 2.97. The maximum Gasteiger partial charge on any atom is 0.194 e. The van der Waals surface area contributed by atoms with Gasteiger partial charge >= 0.3 is 0 Å². The largest absolute Gasteiger partial charge is 0.379 e. The number of nitrogens with one attached hydrogen (secondary N) is 1. The Hall–Kier alpha value is -1.07. The van der Waals surface area contributed by atoms with E-state index in [9.17, 15) is 13.2 Å². The number of hydrogen-bond acceptors (Lipinski definition) is 2. The van der Waals surface area contributed by atoms with Crippen LogP contribution in [-0.4, -0.2) is 20.3 Å². The zero-order valence-electron chi connectivity index (χ0n) is 10.9. The van der Waals surface area contributed by atoms with E-state index in [1.165, 1.54) is 13.2 Å². The number of ether oxygens (including phenoxy) is 1. The second-order valence-corrected chi connectivity index (χ2v) is 4.48. The van der Waals surface area contributed by atoms with Crippen LogP contribution in [-0.2, 0) is 4.74 Å². The summed E-state index contributed by atoms with van der Waals surface area (Å²) in [6.45, 7) is 3.83. The van der Waals surface area contributed by atoms with Crippen molar-refractivity contribution < 1.29 is 17.9 Å². The van der Waals surface area contributed by atoms with Gasteiger partial charge in [0.1, 0.15) is 0 Å². The predicted molar refractivity (Wildman–Crippen MR) is 63.8 cm³/mol. The molecule has 0 aliphatic heterocycles. The fourth-order valence-corrected chi connectivity index (χ4v) is 2.07. The Bertz CT molecular complexity index is 409. The lowest BCUT2D eigenvalue weighted by molar-refractivity contribution is 0.0336. The Labute approximate surface area is 105 Å². The molecule has 0 aliphatic carbocycles. The topological polar surface area (TPSA) is 21.3 Å². The van der Waals surface area contributed by atoms with E-state index in [0.29, 0.717) is 0 Å². The lowest BCUT2D eigenvalue weighted by atomic mass is 9.93. The molecule has 0 saturated heterocycles. The molecule has 0 bridgehead atoms. The minimum atomic E-state index is -1.45. The van der Waals surface area contributed by atoms with E-state index in [-0.39, 0.29) is 17.6 Å². The Morgan fingerprint density at radius 2 is 1.72 bits per heavy atom. The van der Waals surface area contributed by atoms with Gasteiger partial charge in [0.25, 0.3) is 0 Å². The van der Waals surface area contributed by atoms with E-state index >= 15 is 0 Å². The van der Waals surface area contributed by atoms with Crippen molar-refractivity contribution in [2.45, 2.75) is 26.0 Å². The molecule has 0 radical (unpaired) electrons. The molecule has 1 rings (SSSR count). The van der Waals surface area contributed by atoms with Crippen LogP contribution in [0.4, 0.5) is 13.2 Å². The molecule has 0 saturated carbocycles. The lowest BCUT2D eigenvalue weighted by Gasteiger charge is -2.29. The number of likely N-dealkylation sites (N-methyl/N-ethyl adjacent to an activating group) is 1. The van der Waals surface area contributed by atoms with E-state index in [0.717, 1.165) is 6.07 Å². The summed E-state index contributed by atoms with van der Waals surface area (Å²) in [4.78, 5) is 0. The highest BCUT2D eigenvalue weighted by molar-refractivity contribution is 5.24. The van der Waals surface area contributed by atoms with Gasteiger partial charge in [-0.25, -0.2) is 13.2 Å². The molecule has 0 fully saturated rings. The second kappa shape index (κ2) is 6.20. The molecule has 1 N–H and O–H groups in total. The fourth-order valence-electron chi connectivity index (χ4n) is 2.07. The van der Waals surface area contributed by atoms with Gasteiger partial charge in [-0.3, -0.25) is 0 Å². The standard InChI is InChI=1S/C13H18F3NO/c1-7(2)13(18-4)12(17-3)8-5-6-9(14)11(16)10(8)15/h5-7,12-13,17H,1-4H3. The van der Waals surface area contributed by atoms with Crippen molar-refractivity contribution in [2.24, 2.45) is 5.92 Å². The van der Waals surface area contributed by atoms with Gasteiger partial charge < -0.3 is 10.1 Å². The minimum absolute atomic E-state index is 0.0666. The van der Waals surface area contributed by atoms with Gasteiger partial charge in [-0.05, 0) is 19.0 Å². The molecule has 2 nitrogen and oxygen atoms in total. The van der Waals surface area contributed by atoms with E-state index in [1.807, 2.05) is 13.8 Å². The maximum atomic E-state index is 13.7. The number of benzene rings is 1. The highest BCUT2D eigenvalue weighted by Crippen LogP contribution is 2.28. The zero-order valence-corrected chi connectivity index (χ0v) is 10.9. The number of hydrogen-bond donors (Lipinski definition) is 1. The second-order valence-electron chi connectivity index (χ2n) is 4.48. The van der Waals surface area contributed by atoms with Gasteiger partial charge in [-0.2, -0.15) is 0 Å². The third kappa shape index (κ3) is 2.84. The van der Waals surface area contributed by atoms with Crippen LogP contribution in [0.3, 0.4) is 0 Å². The summed E-state index contributed by atoms with van der Waals surface area (Å²) in [7, 11) is 3.13. The molecule has 102 valence electrons. The maximum absolute atomic E-state index is 13.7. The van der Waals surface area contributed by atoms with Gasteiger partial charge in [-0.1, -0.05) is 19.9 Å². The SMILES string of the molecule is CNC(c1ccc(F)c(F)c1F)C(OC)C(C)C. The predicted octanol–water partition coefficient (Wildman–Crippen LogP) is 3.04. The molecule has 2 atom stereocenters. The first kappa shape index (κ1) is 15.0. The van der Waals surface area contributed by atoms with Crippen molar-refractivity contribution in [3.05, 3.63) is 35.1 Å². The zero-order chi connectivity index (χ0) is 13.9. The number of methoxy groups -OCH3 is 1. The van der Waals surface area contributed by atoms with Crippen LogP contribution in [0.15, 0.2) is 12.1 Å². The third-order valence-corrected chi connectivity index (χ3v) is 2.97. The van der Waals surface area contributed by atoms with E-state index in [1.54, 1.807) is 7.05 Å². The van der Waals surface area contributed by atoms with Crippen LogP contribution in [0.5, 0.6) is 0 Å². The van der Waals surface area contributed by atoms with Crippen molar-refractivity contribution in [3.8, 4) is 0 Å². The van der Waals surface area contributed by atoms with Crippen LogP contribution < -0.4 is 5.32 Å². The van der Waals surface area contributed by atoms with Gasteiger partial charge in [0, 0.05) is 12.7 Å². The van der Waals surface area contributed by atoms with Crippen molar-refractivity contribution in [1.29, 1.82) is 0 Å². The van der Waals surface area contributed by atoms with Crippen LogP contribution in [0.2, 0.25) is 0 Å². The molecule has 1 aromatic carbocycles. The Kier molecular flexibility index (Phi) is 5.16. The van der Waals surface area contributed by atoms with Crippen molar-refractivity contribution in [1.82, 2.24) is 5.32 Å². The molecular weight excluding hydrogens is 243 g/mol. The average Bonchev–Trinajstić information content (AvgIpc) is 2.33. The molecule has 18 heavy (non-hydrogen) atoms. The lowest BCUT2D eigenvalue weighted by Crippen LogP contribution is -2.35. The summed E-state index contributed by atoms with van der Waals surface area (Å²) in [5, 5.41) is 2.88. The van der Waals surface area contributed by atoms with Gasteiger partial charge in [0.05, 0.1) is 12.1 Å². The first-order valence-corrected chi connectivity index (χ1v) is 5.77. The van der Waals surface area contributed by atoms with Crippen LogP contribution >= 0.6 is 0 Å². The summed E-state index contributed by atoms with van der Waals surface area (Å²) in [6.07, 6.45) is -0.339. The molecule has 0 spiro atoms. The summed E-state index contributed by atoms with van der Waals surface area (Å²) in [5.41, 5.74) is 0.0666. The van der Waals surface area contributed by atoms with Crippen molar-refractivity contribution >= 4 is 0 Å². The summed E-state index contributed by atoms with van der Waals surface area (Å²) in [6, 6.07) is 1.62. The highest BCUT2D eigenvalue weighted by atomic mass is 19.2. The highest BCUT2D eigenvalue weighted by Gasteiger charge is 2.28. The monoisotopic (exact) mass is 261 g/mol. The van der Waals surface area contributed by atoms with E-state index < -0.39 is 23.5 Å².